The van der Waals surface area contributed by atoms with Gasteiger partial charge in [0.25, 0.3) is 5.91 Å². The Balaban J connectivity index is 1.89. The summed E-state index contributed by atoms with van der Waals surface area (Å²) in [6.07, 6.45) is 4.24. The fourth-order valence-electron chi connectivity index (χ4n) is 3.21. The molecule has 0 N–H and O–H groups in total. The topological polar surface area (TPSA) is 53.5 Å². The highest BCUT2D eigenvalue weighted by atomic mass is 16.2. The summed E-state index contributed by atoms with van der Waals surface area (Å²) in [5, 5.41) is 0. The molecule has 0 unspecified atom stereocenters. The summed E-state index contributed by atoms with van der Waals surface area (Å²) < 4.78 is 0. The van der Waals surface area contributed by atoms with E-state index >= 15 is 0 Å². The fourth-order valence-corrected chi connectivity index (χ4v) is 3.21. The summed E-state index contributed by atoms with van der Waals surface area (Å²) >= 11 is 0. The van der Waals surface area contributed by atoms with Crippen molar-refractivity contribution < 1.29 is 9.59 Å². The van der Waals surface area contributed by atoms with E-state index in [1.165, 1.54) is 0 Å². The Kier molecular flexibility index (Phi) is 5.66. The SMILES string of the molecule is CC(C)CCN1CC(=O)N(Cc2ccccc2)[C@@H](c2cccnc2)C1=O. The van der Waals surface area contributed by atoms with Gasteiger partial charge >= 0.3 is 0 Å². The number of hydrogen-bond donors (Lipinski definition) is 0. The van der Waals surface area contributed by atoms with Crippen LogP contribution in [-0.4, -0.2) is 39.7 Å². The summed E-state index contributed by atoms with van der Waals surface area (Å²) in [4.78, 5) is 33.6. The molecule has 2 amide bonds. The number of amides is 2. The van der Waals surface area contributed by atoms with Gasteiger partial charge in [-0.05, 0) is 24.0 Å². The van der Waals surface area contributed by atoms with Crippen molar-refractivity contribution in [1.82, 2.24) is 14.8 Å². The van der Waals surface area contributed by atoms with E-state index in [1.54, 1.807) is 28.3 Å². The molecule has 1 aromatic heterocycles. The Morgan fingerprint density at radius 2 is 1.88 bits per heavy atom. The number of nitrogens with zero attached hydrogens (tertiary/aromatic N) is 3. The first-order chi connectivity index (χ1) is 12.6. The standard InChI is InChI=1S/C21H25N3O2/c1-16(2)10-12-23-15-19(25)24(14-17-7-4-3-5-8-17)20(21(23)26)18-9-6-11-22-13-18/h3-9,11,13,16,20H,10,12,14-15H2,1-2H3/t20-/m0/s1. The second-order valence-corrected chi connectivity index (χ2v) is 7.14. The Morgan fingerprint density at radius 3 is 2.54 bits per heavy atom. The van der Waals surface area contributed by atoms with E-state index in [0.29, 0.717) is 19.0 Å². The van der Waals surface area contributed by atoms with Gasteiger partial charge in [-0.1, -0.05) is 50.2 Å². The Hall–Kier alpha value is -2.69. The molecule has 1 fully saturated rings. The third-order valence-corrected chi connectivity index (χ3v) is 4.68. The molecule has 0 bridgehead atoms. The Labute approximate surface area is 154 Å². The molecule has 1 saturated heterocycles. The average Bonchev–Trinajstić information content (AvgIpc) is 2.65. The highest BCUT2D eigenvalue weighted by molar-refractivity contribution is 5.95. The zero-order valence-electron chi connectivity index (χ0n) is 15.3. The summed E-state index contributed by atoms with van der Waals surface area (Å²) in [6.45, 7) is 5.42. The van der Waals surface area contributed by atoms with Crippen molar-refractivity contribution in [2.24, 2.45) is 5.92 Å². The minimum absolute atomic E-state index is 0.0193. The van der Waals surface area contributed by atoms with E-state index in [0.717, 1.165) is 17.5 Å². The number of carbonyl (C=O) groups is 2. The molecule has 0 radical (unpaired) electrons. The molecule has 136 valence electrons. The van der Waals surface area contributed by atoms with Gasteiger partial charge in [-0.2, -0.15) is 0 Å². The van der Waals surface area contributed by atoms with Crippen LogP contribution in [-0.2, 0) is 16.1 Å². The van der Waals surface area contributed by atoms with Gasteiger partial charge in [0, 0.05) is 31.0 Å². The van der Waals surface area contributed by atoms with Crippen molar-refractivity contribution in [3.63, 3.8) is 0 Å². The van der Waals surface area contributed by atoms with E-state index in [2.05, 4.69) is 18.8 Å². The maximum Gasteiger partial charge on any atom is 0.250 e. The van der Waals surface area contributed by atoms with E-state index < -0.39 is 6.04 Å². The van der Waals surface area contributed by atoms with Gasteiger partial charge in [0.1, 0.15) is 6.04 Å². The van der Waals surface area contributed by atoms with Crippen LogP contribution in [0.25, 0.3) is 0 Å². The number of benzene rings is 1. The molecule has 1 aromatic carbocycles. The second-order valence-electron chi connectivity index (χ2n) is 7.14. The summed E-state index contributed by atoms with van der Waals surface area (Å²) in [7, 11) is 0. The third-order valence-electron chi connectivity index (χ3n) is 4.68. The number of aromatic nitrogens is 1. The molecule has 1 atom stereocenters. The molecule has 0 saturated carbocycles. The van der Waals surface area contributed by atoms with Gasteiger partial charge < -0.3 is 9.80 Å². The maximum absolute atomic E-state index is 13.2. The minimum atomic E-state index is -0.614. The Bertz CT molecular complexity index is 746. The average molecular weight is 351 g/mol. The molecule has 2 aromatic rings. The molecule has 5 nitrogen and oxygen atoms in total. The largest absolute Gasteiger partial charge is 0.331 e. The quantitative estimate of drug-likeness (QED) is 0.804. The van der Waals surface area contributed by atoms with Crippen LogP contribution in [0.2, 0.25) is 0 Å². The minimum Gasteiger partial charge on any atom is -0.331 e. The van der Waals surface area contributed by atoms with Gasteiger partial charge in [0.2, 0.25) is 5.91 Å². The van der Waals surface area contributed by atoms with Crippen LogP contribution in [0.5, 0.6) is 0 Å². The predicted molar refractivity (Wildman–Crippen MR) is 100 cm³/mol. The van der Waals surface area contributed by atoms with Crippen LogP contribution < -0.4 is 0 Å². The number of hydrogen-bond acceptors (Lipinski definition) is 3. The van der Waals surface area contributed by atoms with Gasteiger partial charge in [-0.3, -0.25) is 14.6 Å². The van der Waals surface area contributed by atoms with Crippen molar-refractivity contribution in [3.8, 4) is 0 Å². The van der Waals surface area contributed by atoms with Gasteiger partial charge in [0.15, 0.2) is 0 Å². The van der Waals surface area contributed by atoms with Crippen molar-refractivity contribution in [2.75, 3.05) is 13.1 Å². The first kappa shape index (κ1) is 18.1. The summed E-state index contributed by atoms with van der Waals surface area (Å²) in [6, 6.07) is 12.8. The monoisotopic (exact) mass is 351 g/mol. The molecule has 2 heterocycles. The van der Waals surface area contributed by atoms with E-state index in [4.69, 9.17) is 0 Å². The van der Waals surface area contributed by atoms with Crippen LogP contribution in [0.3, 0.4) is 0 Å². The van der Waals surface area contributed by atoms with Crippen LogP contribution >= 0.6 is 0 Å². The highest BCUT2D eigenvalue weighted by Gasteiger charge is 2.40. The van der Waals surface area contributed by atoms with Gasteiger partial charge in [-0.15, -0.1) is 0 Å². The third kappa shape index (κ3) is 4.10. The number of pyridine rings is 1. The molecule has 1 aliphatic heterocycles. The van der Waals surface area contributed by atoms with Gasteiger partial charge in [0.05, 0.1) is 6.54 Å². The molecule has 5 heteroatoms. The highest BCUT2D eigenvalue weighted by Crippen LogP contribution is 2.29. The zero-order chi connectivity index (χ0) is 18.5. The molecule has 0 spiro atoms. The molecule has 1 aliphatic rings. The van der Waals surface area contributed by atoms with Crippen LogP contribution in [0.1, 0.15) is 37.4 Å². The number of carbonyl (C=O) groups excluding carboxylic acids is 2. The Morgan fingerprint density at radius 1 is 1.12 bits per heavy atom. The lowest BCUT2D eigenvalue weighted by molar-refractivity contribution is -0.157. The molecule has 26 heavy (non-hydrogen) atoms. The van der Waals surface area contributed by atoms with Crippen LogP contribution in [0.15, 0.2) is 54.9 Å². The van der Waals surface area contributed by atoms with Crippen molar-refractivity contribution in [3.05, 3.63) is 66.0 Å². The first-order valence-corrected chi connectivity index (χ1v) is 9.08. The normalized spacial score (nSPS) is 17.9. The second kappa shape index (κ2) is 8.13. The predicted octanol–water partition coefficient (Wildman–Crippen LogP) is 3.04. The maximum atomic E-state index is 13.2. The molecular weight excluding hydrogens is 326 g/mol. The molecular formula is C21H25N3O2. The zero-order valence-corrected chi connectivity index (χ0v) is 15.3. The van der Waals surface area contributed by atoms with E-state index in [-0.39, 0.29) is 18.4 Å². The van der Waals surface area contributed by atoms with Crippen LogP contribution in [0, 0.1) is 5.92 Å². The lowest BCUT2D eigenvalue weighted by Crippen LogP contribution is -2.55. The fraction of sp³-hybridized carbons (Fsp3) is 0.381. The van der Waals surface area contributed by atoms with Crippen molar-refractivity contribution in [1.29, 1.82) is 0 Å². The first-order valence-electron chi connectivity index (χ1n) is 9.08. The smallest absolute Gasteiger partial charge is 0.250 e. The molecule has 3 rings (SSSR count). The summed E-state index contributed by atoms with van der Waals surface area (Å²) in [5.74, 6) is 0.442. The van der Waals surface area contributed by atoms with Crippen LogP contribution in [0.4, 0.5) is 0 Å². The number of piperazine rings is 1. The van der Waals surface area contributed by atoms with Crippen molar-refractivity contribution >= 4 is 11.8 Å². The van der Waals surface area contributed by atoms with E-state index in [1.807, 2.05) is 36.4 Å². The summed E-state index contributed by atoms with van der Waals surface area (Å²) in [5.41, 5.74) is 1.77. The lowest BCUT2D eigenvalue weighted by atomic mass is 10.0. The number of rotatable bonds is 6. The molecule has 0 aliphatic carbocycles. The van der Waals surface area contributed by atoms with Crippen molar-refractivity contribution in [2.45, 2.75) is 32.9 Å². The van der Waals surface area contributed by atoms with Gasteiger partial charge in [-0.25, -0.2) is 0 Å². The van der Waals surface area contributed by atoms with E-state index in [9.17, 15) is 9.59 Å². The lowest BCUT2D eigenvalue weighted by Gasteiger charge is -2.40.